The van der Waals surface area contributed by atoms with Gasteiger partial charge in [-0.25, -0.2) is 0 Å². The van der Waals surface area contributed by atoms with Crippen LogP contribution in [0.25, 0.3) is 0 Å². The fraction of sp³-hybridized carbons (Fsp3) is 0.375. The number of halogens is 3. The number of hydrogen-bond donors (Lipinski definition) is 1. The second kappa shape index (κ2) is 10.4. The van der Waals surface area contributed by atoms with Gasteiger partial charge in [-0.15, -0.1) is 6.58 Å². The lowest BCUT2D eigenvalue weighted by Gasteiger charge is -2.37. The highest BCUT2D eigenvalue weighted by Crippen LogP contribution is 2.33. The van der Waals surface area contributed by atoms with Crippen LogP contribution in [0.5, 0.6) is 0 Å². The van der Waals surface area contributed by atoms with Crippen LogP contribution in [0.4, 0.5) is 13.2 Å². The molecule has 0 aliphatic rings. The molecule has 0 fully saturated rings. The van der Waals surface area contributed by atoms with Crippen LogP contribution in [0, 0.1) is 0 Å². The van der Waals surface area contributed by atoms with Gasteiger partial charge in [0, 0.05) is 0 Å². The fourth-order valence-electron chi connectivity index (χ4n) is 3.34. The normalized spacial score (nSPS) is 15.6. The molecular formula is C24H28F3NO2. The number of ether oxygens (including phenoxy) is 1. The van der Waals surface area contributed by atoms with E-state index >= 15 is 0 Å². The zero-order valence-electron chi connectivity index (χ0n) is 17.3. The Hall–Kier alpha value is -2.60. The molecule has 1 amide bonds. The number of aryl methyl sites for hydroxylation is 1. The molecule has 2 rings (SSSR count). The van der Waals surface area contributed by atoms with E-state index in [4.69, 9.17) is 4.74 Å². The fourth-order valence-corrected chi connectivity index (χ4v) is 3.34. The third-order valence-corrected chi connectivity index (χ3v) is 4.97. The largest absolute Gasteiger partial charge is 0.471 e. The molecule has 0 radical (unpaired) electrons. The molecule has 1 N–H and O–H groups in total. The van der Waals surface area contributed by atoms with Gasteiger partial charge in [0.1, 0.15) is 6.10 Å². The van der Waals surface area contributed by atoms with Gasteiger partial charge in [-0.05, 0) is 44.2 Å². The van der Waals surface area contributed by atoms with E-state index in [0.717, 1.165) is 12.0 Å². The van der Waals surface area contributed by atoms with Crippen molar-refractivity contribution in [1.82, 2.24) is 5.32 Å². The average Bonchev–Trinajstić information content (AvgIpc) is 2.71. The van der Waals surface area contributed by atoms with Gasteiger partial charge in [-0.2, -0.15) is 13.2 Å². The third-order valence-electron chi connectivity index (χ3n) is 4.97. The first-order valence-corrected chi connectivity index (χ1v) is 9.90. The lowest BCUT2D eigenvalue weighted by atomic mass is 9.92. The molecule has 0 aromatic heterocycles. The van der Waals surface area contributed by atoms with Gasteiger partial charge in [0.2, 0.25) is 0 Å². The van der Waals surface area contributed by atoms with Crippen molar-refractivity contribution in [3.05, 3.63) is 84.4 Å². The zero-order chi connectivity index (χ0) is 22.2. The monoisotopic (exact) mass is 419 g/mol. The molecule has 162 valence electrons. The quantitative estimate of drug-likeness (QED) is 0.496. The maximum absolute atomic E-state index is 12.8. The van der Waals surface area contributed by atoms with Gasteiger partial charge >= 0.3 is 12.1 Å². The summed E-state index contributed by atoms with van der Waals surface area (Å²) in [6, 6.07) is 18.0. The Bertz CT molecular complexity index is 808. The molecule has 2 aromatic carbocycles. The summed E-state index contributed by atoms with van der Waals surface area (Å²) in [5, 5.41) is 2.04. The van der Waals surface area contributed by atoms with Crippen LogP contribution in [-0.2, 0) is 16.0 Å². The summed E-state index contributed by atoms with van der Waals surface area (Å²) >= 11 is 0. The SMILES string of the molecule is C=CC[C@](C)(CCc1ccccc1)O[C@H](c1ccccc1)[C@@H](C)NC(=O)C(F)(F)F. The molecule has 3 nitrogen and oxygen atoms in total. The Morgan fingerprint density at radius 3 is 2.20 bits per heavy atom. The van der Waals surface area contributed by atoms with Crippen molar-refractivity contribution in [1.29, 1.82) is 0 Å². The standard InChI is InChI=1S/C24H28F3NO2/c1-4-16-23(3,17-15-19-11-7-5-8-12-19)30-21(20-13-9-6-10-14-20)18(2)28-22(29)24(25,26)27/h4-14,18,21H,1,15-17H2,2-3H3,(H,28,29)/t18-,21+,23-/m1/s1. The Labute approximate surface area is 175 Å². The van der Waals surface area contributed by atoms with Crippen molar-refractivity contribution < 1.29 is 22.7 Å². The molecule has 2 aromatic rings. The summed E-state index contributed by atoms with van der Waals surface area (Å²) in [5.41, 5.74) is 1.17. The first-order chi connectivity index (χ1) is 14.1. The number of hydrogen-bond acceptors (Lipinski definition) is 2. The van der Waals surface area contributed by atoms with E-state index in [0.29, 0.717) is 18.4 Å². The van der Waals surface area contributed by atoms with Gasteiger partial charge in [-0.3, -0.25) is 4.79 Å². The maximum atomic E-state index is 12.8. The van der Waals surface area contributed by atoms with Crippen molar-refractivity contribution in [2.75, 3.05) is 0 Å². The number of alkyl halides is 3. The Balaban J connectivity index is 2.24. The van der Waals surface area contributed by atoms with Crippen molar-refractivity contribution in [3.8, 4) is 0 Å². The van der Waals surface area contributed by atoms with Crippen molar-refractivity contribution in [3.63, 3.8) is 0 Å². The van der Waals surface area contributed by atoms with Gasteiger partial charge < -0.3 is 10.1 Å². The highest BCUT2D eigenvalue weighted by Gasteiger charge is 2.41. The number of carbonyl (C=O) groups excluding carboxylic acids is 1. The number of amides is 1. The predicted octanol–water partition coefficient (Wildman–Crippen LogP) is 5.78. The molecule has 0 aliphatic carbocycles. The maximum Gasteiger partial charge on any atom is 0.471 e. The molecule has 3 atom stereocenters. The Morgan fingerprint density at radius 2 is 1.67 bits per heavy atom. The molecule has 0 bridgehead atoms. The highest BCUT2D eigenvalue weighted by molar-refractivity contribution is 5.82. The number of rotatable bonds is 10. The summed E-state index contributed by atoms with van der Waals surface area (Å²) in [7, 11) is 0. The summed E-state index contributed by atoms with van der Waals surface area (Å²) in [6.07, 6.45) is -2.05. The predicted molar refractivity (Wildman–Crippen MR) is 112 cm³/mol. The number of nitrogens with one attached hydrogen (secondary N) is 1. The second-order valence-electron chi connectivity index (χ2n) is 7.64. The van der Waals surface area contributed by atoms with E-state index in [-0.39, 0.29) is 0 Å². The number of carbonyl (C=O) groups is 1. The van der Waals surface area contributed by atoms with E-state index in [1.807, 2.05) is 48.6 Å². The molecular weight excluding hydrogens is 391 g/mol. The van der Waals surface area contributed by atoms with Gasteiger partial charge in [0.05, 0.1) is 11.6 Å². The Kier molecular flexibility index (Phi) is 8.24. The van der Waals surface area contributed by atoms with Crippen LogP contribution < -0.4 is 5.32 Å². The van der Waals surface area contributed by atoms with Gasteiger partial charge in [0.15, 0.2) is 0 Å². The van der Waals surface area contributed by atoms with Crippen molar-refractivity contribution in [2.24, 2.45) is 0 Å². The molecule has 0 aliphatic heterocycles. The zero-order valence-corrected chi connectivity index (χ0v) is 17.3. The smallest absolute Gasteiger partial charge is 0.365 e. The summed E-state index contributed by atoms with van der Waals surface area (Å²) in [6.45, 7) is 7.25. The van der Waals surface area contributed by atoms with E-state index in [9.17, 15) is 18.0 Å². The van der Waals surface area contributed by atoms with Crippen LogP contribution in [-0.4, -0.2) is 23.7 Å². The van der Waals surface area contributed by atoms with Crippen LogP contribution in [0.1, 0.15) is 43.9 Å². The minimum Gasteiger partial charge on any atom is -0.365 e. The molecule has 6 heteroatoms. The molecule has 0 unspecified atom stereocenters. The van der Waals surface area contributed by atoms with Crippen LogP contribution in [0.3, 0.4) is 0 Å². The molecule has 30 heavy (non-hydrogen) atoms. The molecule has 0 saturated heterocycles. The van der Waals surface area contributed by atoms with E-state index in [1.54, 1.807) is 30.3 Å². The van der Waals surface area contributed by atoms with E-state index < -0.39 is 29.8 Å². The minimum absolute atomic E-state index is 0.517. The first-order valence-electron chi connectivity index (χ1n) is 9.90. The lowest BCUT2D eigenvalue weighted by molar-refractivity contribution is -0.176. The van der Waals surface area contributed by atoms with Gasteiger partial charge in [0.25, 0.3) is 0 Å². The summed E-state index contributed by atoms with van der Waals surface area (Å²) in [4.78, 5) is 11.5. The minimum atomic E-state index is -4.95. The molecule has 0 spiro atoms. The van der Waals surface area contributed by atoms with Gasteiger partial charge in [-0.1, -0.05) is 66.7 Å². The van der Waals surface area contributed by atoms with Crippen LogP contribution >= 0.6 is 0 Å². The molecule has 0 saturated carbocycles. The van der Waals surface area contributed by atoms with E-state index in [1.165, 1.54) is 6.92 Å². The average molecular weight is 419 g/mol. The van der Waals surface area contributed by atoms with Crippen LogP contribution in [0.2, 0.25) is 0 Å². The number of benzene rings is 2. The summed E-state index contributed by atoms with van der Waals surface area (Å²) < 4.78 is 44.7. The Morgan fingerprint density at radius 1 is 1.10 bits per heavy atom. The molecule has 0 heterocycles. The lowest BCUT2D eigenvalue weighted by Crippen LogP contribution is -2.46. The highest BCUT2D eigenvalue weighted by atomic mass is 19.4. The first kappa shape index (κ1) is 23.7. The van der Waals surface area contributed by atoms with E-state index in [2.05, 4.69) is 6.58 Å². The van der Waals surface area contributed by atoms with Crippen LogP contribution in [0.15, 0.2) is 73.3 Å². The van der Waals surface area contributed by atoms with Crippen molar-refractivity contribution >= 4 is 5.91 Å². The topological polar surface area (TPSA) is 38.3 Å². The third kappa shape index (κ3) is 7.02. The second-order valence-corrected chi connectivity index (χ2v) is 7.64. The van der Waals surface area contributed by atoms with Crippen molar-refractivity contribution in [2.45, 2.75) is 57.0 Å². The summed E-state index contributed by atoms with van der Waals surface area (Å²) in [5.74, 6) is -1.98.